The van der Waals surface area contributed by atoms with Crippen molar-refractivity contribution in [3.8, 4) is 0 Å². The average Bonchev–Trinajstić information content (AvgIpc) is 2.45. The lowest BCUT2D eigenvalue weighted by atomic mass is 9.83. The lowest BCUT2D eigenvalue weighted by Crippen LogP contribution is -2.26. The molecular weight excluding hydrogens is 249 g/mol. The molecule has 20 heavy (non-hydrogen) atoms. The minimum absolute atomic E-state index is 0.0468. The number of rotatable bonds is 6. The molecule has 1 aliphatic rings. The van der Waals surface area contributed by atoms with Crippen molar-refractivity contribution in [1.29, 1.82) is 0 Å². The Hall–Kier alpha value is -0.890. The summed E-state index contributed by atoms with van der Waals surface area (Å²) >= 11 is 0. The SMILES string of the molecule is CCCNC(CC1CCCCC1)c1ccc(C)cc1F. The van der Waals surface area contributed by atoms with Gasteiger partial charge in [-0.2, -0.15) is 0 Å². The van der Waals surface area contributed by atoms with Crippen molar-refractivity contribution in [1.82, 2.24) is 5.32 Å². The zero-order chi connectivity index (χ0) is 14.4. The van der Waals surface area contributed by atoms with Crippen LogP contribution in [0.2, 0.25) is 0 Å². The van der Waals surface area contributed by atoms with Crippen molar-refractivity contribution >= 4 is 0 Å². The monoisotopic (exact) mass is 277 g/mol. The van der Waals surface area contributed by atoms with Gasteiger partial charge in [0.1, 0.15) is 5.82 Å². The number of hydrogen-bond donors (Lipinski definition) is 1. The van der Waals surface area contributed by atoms with Crippen molar-refractivity contribution in [2.24, 2.45) is 5.92 Å². The topological polar surface area (TPSA) is 12.0 Å². The fraction of sp³-hybridized carbons (Fsp3) is 0.667. The predicted octanol–water partition coefficient (Wildman–Crippen LogP) is 5.15. The van der Waals surface area contributed by atoms with E-state index in [9.17, 15) is 4.39 Å². The van der Waals surface area contributed by atoms with E-state index in [1.54, 1.807) is 6.07 Å². The first-order valence-corrected chi connectivity index (χ1v) is 8.20. The molecule has 1 N–H and O–H groups in total. The van der Waals surface area contributed by atoms with E-state index in [1.165, 1.54) is 32.1 Å². The summed E-state index contributed by atoms with van der Waals surface area (Å²) in [5.41, 5.74) is 1.85. The van der Waals surface area contributed by atoms with E-state index in [0.29, 0.717) is 0 Å². The Balaban J connectivity index is 2.08. The van der Waals surface area contributed by atoms with Gasteiger partial charge in [-0.3, -0.25) is 0 Å². The van der Waals surface area contributed by atoms with Crippen LogP contribution in [0.1, 0.15) is 69.0 Å². The van der Waals surface area contributed by atoms with Gasteiger partial charge in [-0.05, 0) is 43.9 Å². The normalized spacial score (nSPS) is 18.1. The Morgan fingerprint density at radius 1 is 1.25 bits per heavy atom. The molecule has 1 saturated carbocycles. The average molecular weight is 277 g/mol. The van der Waals surface area contributed by atoms with E-state index in [4.69, 9.17) is 0 Å². The maximum Gasteiger partial charge on any atom is 0.128 e. The van der Waals surface area contributed by atoms with Crippen LogP contribution < -0.4 is 5.32 Å². The zero-order valence-electron chi connectivity index (χ0n) is 12.9. The van der Waals surface area contributed by atoms with Gasteiger partial charge < -0.3 is 5.32 Å². The highest BCUT2D eigenvalue weighted by molar-refractivity contribution is 5.26. The fourth-order valence-corrected chi connectivity index (χ4v) is 3.31. The summed E-state index contributed by atoms with van der Waals surface area (Å²) in [5.74, 6) is 0.716. The molecule has 0 aliphatic heterocycles. The molecule has 1 aromatic rings. The zero-order valence-corrected chi connectivity index (χ0v) is 12.9. The minimum atomic E-state index is -0.0468. The quantitative estimate of drug-likeness (QED) is 0.758. The highest BCUT2D eigenvalue weighted by Gasteiger charge is 2.21. The predicted molar refractivity (Wildman–Crippen MR) is 83.4 cm³/mol. The molecule has 112 valence electrons. The molecule has 0 bridgehead atoms. The lowest BCUT2D eigenvalue weighted by Gasteiger charge is -2.28. The second-order valence-corrected chi connectivity index (χ2v) is 6.27. The highest BCUT2D eigenvalue weighted by Crippen LogP contribution is 2.32. The van der Waals surface area contributed by atoms with Gasteiger partial charge in [0.2, 0.25) is 0 Å². The van der Waals surface area contributed by atoms with E-state index in [-0.39, 0.29) is 11.9 Å². The van der Waals surface area contributed by atoms with Crippen LogP contribution in [0.4, 0.5) is 4.39 Å². The molecule has 1 fully saturated rings. The second-order valence-electron chi connectivity index (χ2n) is 6.27. The van der Waals surface area contributed by atoms with Crippen LogP contribution in [-0.2, 0) is 0 Å². The van der Waals surface area contributed by atoms with Crippen LogP contribution in [0.5, 0.6) is 0 Å². The molecule has 0 heterocycles. The first-order valence-electron chi connectivity index (χ1n) is 8.20. The summed E-state index contributed by atoms with van der Waals surface area (Å²) < 4.78 is 14.2. The number of halogens is 1. The Bertz CT molecular complexity index is 410. The standard InChI is InChI=1S/C18H28FN/c1-3-11-20-18(13-15-7-5-4-6-8-15)16-10-9-14(2)12-17(16)19/h9-10,12,15,18,20H,3-8,11,13H2,1-2H3. The minimum Gasteiger partial charge on any atom is -0.310 e. The first kappa shape index (κ1) is 15.5. The van der Waals surface area contributed by atoms with Crippen LogP contribution in [-0.4, -0.2) is 6.54 Å². The van der Waals surface area contributed by atoms with Gasteiger partial charge >= 0.3 is 0 Å². The molecule has 1 unspecified atom stereocenters. The molecule has 0 saturated heterocycles. The van der Waals surface area contributed by atoms with Crippen molar-refractivity contribution in [2.75, 3.05) is 6.54 Å². The molecular formula is C18H28FN. The molecule has 0 aromatic heterocycles. The van der Waals surface area contributed by atoms with Crippen molar-refractivity contribution in [3.63, 3.8) is 0 Å². The summed E-state index contributed by atoms with van der Waals surface area (Å²) in [4.78, 5) is 0. The molecule has 0 amide bonds. The summed E-state index contributed by atoms with van der Waals surface area (Å²) in [6.07, 6.45) is 8.88. The summed E-state index contributed by atoms with van der Waals surface area (Å²) in [7, 11) is 0. The van der Waals surface area contributed by atoms with Crippen molar-refractivity contribution in [2.45, 2.75) is 64.8 Å². The Labute approximate surface area is 123 Å². The molecule has 0 spiro atoms. The maximum atomic E-state index is 14.2. The van der Waals surface area contributed by atoms with E-state index < -0.39 is 0 Å². The third-order valence-electron chi connectivity index (χ3n) is 4.47. The maximum absolute atomic E-state index is 14.2. The molecule has 2 rings (SSSR count). The summed E-state index contributed by atoms with van der Waals surface area (Å²) in [6, 6.07) is 5.84. The molecule has 1 aliphatic carbocycles. The number of hydrogen-bond acceptors (Lipinski definition) is 1. The van der Waals surface area contributed by atoms with Crippen molar-refractivity contribution in [3.05, 3.63) is 35.1 Å². The highest BCUT2D eigenvalue weighted by atomic mass is 19.1. The second kappa shape index (κ2) is 7.78. The van der Waals surface area contributed by atoms with Crippen molar-refractivity contribution < 1.29 is 4.39 Å². The van der Waals surface area contributed by atoms with Gasteiger partial charge in [-0.1, -0.05) is 51.2 Å². The molecule has 0 radical (unpaired) electrons. The number of nitrogens with one attached hydrogen (secondary N) is 1. The Morgan fingerprint density at radius 2 is 2.00 bits per heavy atom. The molecule has 1 nitrogen and oxygen atoms in total. The Kier molecular flexibility index (Phi) is 6.03. The van der Waals surface area contributed by atoms with E-state index in [1.807, 2.05) is 19.1 Å². The summed E-state index contributed by atoms with van der Waals surface area (Å²) in [5, 5.41) is 3.55. The largest absolute Gasteiger partial charge is 0.310 e. The van der Waals surface area contributed by atoms with Gasteiger partial charge in [-0.15, -0.1) is 0 Å². The van der Waals surface area contributed by atoms with Crippen LogP contribution in [0.3, 0.4) is 0 Å². The van der Waals surface area contributed by atoms with E-state index in [2.05, 4.69) is 12.2 Å². The molecule has 1 aromatic carbocycles. The summed E-state index contributed by atoms with van der Waals surface area (Å²) in [6.45, 7) is 5.07. The molecule has 1 atom stereocenters. The van der Waals surface area contributed by atoms with Gasteiger partial charge in [0.25, 0.3) is 0 Å². The third kappa shape index (κ3) is 4.31. The number of benzene rings is 1. The molecule has 2 heteroatoms. The van der Waals surface area contributed by atoms with Gasteiger partial charge in [0.05, 0.1) is 0 Å². The van der Waals surface area contributed by atoms with Gasteiger partial charge in [0, 0.05) is 11.6 Å². The van der Waals surface area contributed by atoms with E-state index >= 15 is 0 Å². The van der Waals surface area contributed by atoms with Crippen LogP contribution in [0, 0.1) is 18.7 Å². The first-order chi connectivity index (χ1) is 9.70. The van der Waals surface area contributed by atoms with Crippen LogP contribution in [0.15, 0.2) is 18.2 Å². The van der Waals surface area contributed by atoms with Crippen LogP contribution in [0.25, 0.3) is 0 Å². The smallest absolute Gasteiger partial charge is 0.128 e. The van der Waals surface area contributed by atoms with Crippen LogP contribution >= 0.6 is 0 Å². The van der Waals surface area contributed by atoms with Gasteiger partial charge in [-0.25, -0.2) is 4.39 Å². The van der Waals surface area contributed by atoms with Gasteiger partial charge in [0.15, 0.2) is 0 Å². The van der Waals surface area contributed by atoms with E-state index in [0.717, 1.165) is 36.4 Å². The lowest BCUT2D eigenvalue weighted by molar-refractivity contribution is 0.297. The Morgan fingerprint density at radius 3 is 2.65 bits per heavy atom. The third-order valence-corrected chi connectivity index (χ3v) is 4.47. The fourth-order valence-electron chi connectivity index (χ4n) is 3.31. The number of aryl methyl sites for hydroxylation is 1.